The number of ketones is 1. The number of nitrogens with two attached hydrogens (primary N) is 3. The van der Waals surface area contributed by atoms with E-state index in [1.807, 2.05) is 6.07 Å². The van der Waals surface area contributed by atoms with Crippen LogP contribution >= 0.6 is 0 Å². The SMILES string of the molecule is COC(=O)c1nc(-c2ccc(N)c(C(=O)Cc3cnccc3N3CCC[C@H](N)C3)n2)c(F)cc1N. The number of esters is 1. The van der Waals surface area contributed by atoms with Crippen LogP contribution in [0, 0.1) is 5.82 Å². The maximum Gasteiger partial charge on any atom is 0.358 e. The van der Waals surface area contributed by atoms with E-state index in [0.29, 0.717) is 12.1 Å². The normalized spacial score (nSPS) is 15.6. The lowest BCUT2D eigenvalue weighted by molar-refractivity contribution is 0.0595. The summed E-state index contributed by atoms with van der Waals surface area (Å²) in [5, 5.41) is 0. The monoisotopic (exact) mass is 479 g/mol. The second-order valence-corrected chi connectivity index (χ2v) is 8.34. The van der Waals surface area contributed by atoms with Gasteiger partial charge in [-0.25, -0.2) is 19.2 Å². The van der Waals surface area contributed by atoms with Crippen molar-refractivity contribution in [1.29, 1.82) is 0 Å². The molecule has 6 N–H and O–H groups in total. The first-order valence-corrected chi connectivity index (χ1v) is 11.1. The standard InChI is InChI=1S/C24H26FN7O3/c1-35-24(34)23-17(28)10-15(25)21(31-23)18-5-4-16(27)22(30-18)20(33)9-13-11-29-7-6-19(13)32-8-2-3-14(26)12-32/h4-7,10-11,14H,2-3,8-9,12,26-28H2,1H3/t14-/m0/s1. The Bertz CT molecular complexity index is 1280. The molecule has 1 atom stereocenters. The van der Waals surface area contributed by atoms with Crippen molar-refractivity contribution >= 4 is 28.8 Å². The van der Waals surface area contributed by atoms with Gasteiger partial charge in [0.15, 0.2) is 17.3 Å². The topological polar surface area (TPSA) is 163 Å². The number of methoxy groups -OCH3 is 1. The fraction of sp³-hybridized carbons (Fsp3) is 0.292. The molecule has 0 unspecified atom stereocenters. The van der Waals surface area contributed by atoms with Gasteiger partial charge in [-0.2, -0.15) is 0 Å². The maximum atomic E-state index is 14.7. The number of nitrogens with zero attached hydrogens (tertiary/aromatic N) is 4. The largest absolute Gasteiger partial charge is 0.464 e. The minimum atomic E-state index is -0.822. The first kappa shape index (κ1) is 24.0. The van der Waals surface area contributed by atoms with Crippen LogP contribution in [0.25, 0.3) is 11.4 Å². The summed E-state index contributed by atoms with van der Waals surface area (Å²) >= 11 is 0. The van der Waals surface area contributed by atoms with Crippen LogP contribution < -0.4 is 22.1 Å². The number of aromatic nitrogens is 3. The minimum absolute atomic E-state index is 0.0133. The molecule has 3 aromatic rings. The molecule has 3 aromatic heterocycles. The molecule has 11 heteroatoms. The minimum Gasteiger partial charge on any atom is -0.464 e. The highest BCUT2D eigenvalue weighted by atomic mass is 19.1. The number of Topliss-reactive ketones (excluding diaryl/α,β-unsaturated/α-hetero) is 1. The van der Waals surface area contributed by atoms with E-state index >= 15 is 0 Å². The molecule has 0 radical (unpaired) electrons. The van der Waals surface area contributed by atoms with E-state index in [1.165, 1.54) is 12.1 Å². The van der Waals surface area contributed by atoms with Crippen LogP contribution in [0.1, 0.15) is 39.4 Å². The molecule has 0 spiro atoms. The number of pyridine rings is 3. The Labute approximate surface area is 201 Å². The average Bonchev–Trinajstić information content (AvgIpc) is 2.84. The lowest BCUT2D eigenvalue weighted by Gasteiger charge is -2.33. The summed E-state index contributed by atoms with van der Waals surface area (Å²) in [5.74, 6) is -2.00. The lowest BCUT2D eigenvalue weighted by Crippen LogP contribution is -2.43. The number of carbonyl (C=O) groups excluding carboxylic acids is 2. The molecule has 0 saturated carbocycles. The highest BCUT2D eigenvalue weighted by Crippen LogP contribution is 2.27. The molecule has 0 aliphatic carbocycles. The molecule has 0 aromatic carbocycles. The van der Waals surface area contributed by atoms with Gasteiger partial charge in [-0.1, -0.05) is 0 Å². The number of piperidine rings is 1. The maximum absolute atomic E-state index is 14.7. The summed E-state index contributed by atoms with van der Waals surface area (Å²) in [4.78, 5) is 39.8. The van der Waals surface area contributed by atoms with Gasteiger partial charge in [-0.15, -0.1) is 0 Å². The predicted molar refractivity (Wildman–Crippen MR) is 129 cm³/mol. The van der Waals surface area contributed by atoms with Crippen molar-refractivity contribution in [3.8, 4) is 11.4 Å². The zero-order valence-electron chi connectivity index (χ0n) is 19.2. The molecule has 10 nitrogen and oxygen atoms in total. The van der Waals surface area contributed by atoms with Gasteiger partial charge in [0.05, 0.1) is 24.2 Å². The molecule has 4 rings (SSSR count). The quantitative estimate of drug-likeness (QED) is 0.352. The Morgan fingerprint density at radius 2 is 1.97 bits per heavy atom. The van der Waals surface area contributed by atoms with Crippen molar-refractivity contribution in [2.75, 3.05) is 36.6 Å². The summed E-state index contributed by atoms with van der Waals surface area (Å²) in [6.45, 7) is 1.52. The number of carbonyl (C=O) groups is 2. The second-order valence-electron chi connectivity index (χ2n) is 8.34. The van der Waals surface area contributed by atoms with Gasteiger partial charge in [0.2, 0.25) is 0 Å². The molecule has 4 heterocycles. The molecular weight excluding hydrogens is 453 g/mol. The summed E-state index contributed by atoms with van der Waals surface area (Å²) < 4.78 is 19.3. The number of anilines is 3. The Hall–Kier alpha value is -4.12. The Kier molecular flexibility index (Phi) is 6.87. The van der Waals surface area contributed by atoms with Crippen LogP contribution in [0.2, 0.25) is 0 Å². The molecule has 1 aliphatic rings. The summed E-state index contributed by atoms with van der Waals surface area (Å²) in [6, 6.07) is 5.74. The van der Waals surface area contributed by atoms with Gasteiger partial charge >= 0.3 is 5.97 Å². The van der Waals surface area contributed by atoms with E-state index in [9.17, 15) is 14.0 Å². The molecule has 1 saturated heterocycles. The molecule has 35 heavy (non-hydrogen) atoms. The number of nitrogen functional groups attached to an aromatic ring is 2. The zero-order chi connectivity index (χ0) is 25.1. The van der Waals surface area contributed by atoms with E-state index in [1.54, 1.807) is 12.4 Å². The molecule has 1 aliphatic heterocycles. The van der Waals surface area contributed by atoms with E-state index < -0.39 is 11.8 Å². The molecular formula is C24H26FN7O3. The molecule has 0 bridgehead atoms. The number of ether oxygens (including phenoxy) is 1. The Morgan fingerprint density at radius 3 is 2.71 bits per heavy atom. The van der Waals surface area contributed by atoms with Crippen LogP contribution in [-0.2, 0) is 11.2 Å². The predicted octanol–water partition coefficient (Wildman–Crippen LogP) is 1.98. The first-order chi connectivity index (χ1) is 16.8. The van der Waals surface area contributed by atoms with Crippen LogP contribution in [0.3, 0.4) is 0 Å². The van der Waals surface area contributed by atoms with Crippen molar-refractivity contribution < 1.29 is 18.7 Å². The average molecular weight is 480 g/mol. The van der Waals surface area contributed by atoms with Gasteiger partial charge in [0, 0.05) is 55.3 Å². The van der Waals surface area contributed by atoms with E-state index in [4.69, 9.17) is 17.2 Å². The van der Waals surface area contributed by atoms with Gasteiger partial charge < -0.3 is 26.8 Å². The highest BCUT2D eigenvalue weighted by Gasteiger charge is 2.23. The molecule has 1 fully saturated rings. The van der Waals surface area contributed by atoms with E-state index in [-0.39, 0.29) is 52.4 Å². The zero-order valence-corrected chi connectivity index (χ0v) is 19.2. The molecule has 182 valence electrons. The summed E-state index contributed by atoms with van der Waals surface area (Å²) in [7, 11) is 1.16. The Morgan fingerprint density at radius 1 is 1.17 bits per heavy atom. The molecule has 0 amide bonds. The smallest absolute Gasteiger partial charge is 0.358 e. The van der Waals surface area contributed by atoms with Crippen molar-refractivity contribution in [2.45, 2.75) is 25.3 Å². The number of hydrogen-bond donors (Lipinski definition) is 3. The fourth-order valence-electron chi connectivity index (χ4n) is 4.12. The van der Waals surface area contributed by atoms with Gasteiger partial charge in [0.25, 0.3) is 0 Å². The third-order valence-electron chi connectivity index (χ3n) is 5.84. The number of hydrogen-bond acceptors (Lipinski definition) is 10. The first-order valence-electron chi connectivity index (χ1n) is 11.1. The van der Waals surface area contributed by atoms with Crippen molar-refractivity contribution in [3.63, 3.8) is 0 Å². The van der Waals surface area contributed by atoms with Gasteiger partial charge in [-0.3, -0.25) is 9.78 Å². The van der Waals surface area contributed by atoms with Crippen molar-refractivity contribution in [2.24, 2.45) is 5.73 Å². The number of halogens is 1. The fourth-order valence-corrected chi connectivity index (χ4v) is 4.12. The van der Waals surface area contributed by atoms with Crippen LogP contribution in [0.4, 0.5) is 21.5 Å². The van der Waals surface area contributed by atoms with Gasteiger partial charge in [-0.05, 0) is 31.0 Å². The summed E-state index contributed by atoms with van der Waals surface area (Å²) in [6.07, 6.45) is 5.21. The lowest BCUT2D eigenvalue weighted by atomic mass is 10.0. The van der Waals surface area contributed by atoms with E-state index in [0.717, 1.165) is 38.2 Å². The third kappa shape index (κ3) is 5.04. The van der Waals surface area contributed by atoms with Crippen LogP contribution in [-0.4, -0.2) is 52.9 Å². The van der Waals surface area contributed by atoms with Crippen molar-refractivity contribution in [1.82, 2.24) is 15.0 Å². The third-order valence-corrected chi connectivity index (χ3v) is 5.84. The van der Waals surface area contributed by atoms with Crippen LogP contribution in [0.5, 0.6) is 0 Å². The summed E-state index contributed by atoms with van der Waals surface area (Å²) in [5.41, 5.74) is 18.9. The second kappa shape index (κ2) is 10.0. The Balaban J connectivity index is 1.66. The van der Waals surface area contributed by atoms with Gasteiger partial charge in [0.1, 0.15) is 11.4 Å². The highest BCUT2D eigenvalue weighted by molar-refractivity contribution is 6.01. The van der Waals surface area contributed by atoms with Crippen LogP contribution in [0.15, 0.2) is 36.7 Å². The number of rotatable bonds is 6. The van der Waals surface area contributed by atoms with E-state index in [2.05, 4.69) is 24.6 Å². The van der Waals surface area contributed by atoms with Crippen molar-refractivity contribution in [3.05, 3.63) is 59.4 Å².